The molecule has 1 saturated carbocycles. The highest BCUT2D eigenvalue weighted by atomic mass is 19.4. The zero-order valence-electron chi connectivity index (χ0n) is 11.4. The Labute approximate surface area is 120 Å². The van der Waals surface area contributed by atoms with Gasteiger partial charge in [0.25, 0.3) is 0 Å². The summed E-state index contributed by atoms with van der Waals surface area (Å²) in [5.41, 5.74) is 1.02. The van der Waals surface area contributed by atoms with Gasteiger partial charge in [0.05, 0.1) is 23.6 Å². The molecule has 3 atom stereocenters. The number of rotatable bonds is 1. The Hall–Kier alpha value is -1.56. The molecule has 4 rings (SSSR count). The lowest BCUT2D eigenvalue weighted by atomic mass is 9.94. The van der Waals surface area contributed by atoms with Crippen LogP contribution in [0.1, 0.15) is 29.9 Å². The van der Waals surface area contributed by atoms with Gasteiger partial charge in [-0.3, -0.25) is 0 Å². The van der Waals surface area contributed by atoms with E-state index < -0.39 is 11.7 Å². The SMILES string of the molecule is FC(F)(F)c1cc(C2CC3CNC[C@H]3C2)c2cncn2c1. The minimum atomic E-state index is -4.32. The van der Waals surface area contributed by atoms with Crippen LogP contribution in [0.15, 0.2) is 24.8 Å². The maximum atomic E-state index is 13.1. The van der Waals surface area contributed by atoms with E-state index in [2.05, 4.69) is 10.3 Å². The summed E-state index contributed by atoms with van der Waals surface area (Å²) in [6.07, 6.45) is 1.87. The molecule has 1 saturated heterocycles. The molecule has 3 heterocycles. The third-order valence-electron chi connectivity index (χ3n) is 4.97. The van der Waals surface area contributed by atoms with E-state index in [4.69, 9.17) is 0 Å². The highest BCUT2D eigenvalue weighted by Gasteiger charge is 2.39. The maximum Gasteiger partial charge on any atom is 0.417 e. The van der Waals surface area contributed by atoms with Gasteiger partial charge in [0, 0.05) is 6.20 Å². The fourth-order valence-corrected chi connectivity index (χ4v) is 3.96. The average molecular weight is 295 g/mol. The number of imidazole rings is 1. The summed E-state index contributed by atoms with van der Waals surface area (Å²) < 4.78 is 40.7. The number of hydrogen-bond donors (Lipinski definition) is 1. The topological polar surface area (TPSA) is 29.3 Å². The first-order chi connectivity index (χ1) is 10.0. The van der Waals surface area contributed by atoms with E-state index >= 15 is 0 Å². The smallest absolute Gasteiger partial charge is 0.316 e. The van der Waals surface area contributed by atoms with Gasteiger partial charge < -0.3 is 9.72 Å². The van der Waals surface area contributed by atoms with Crippen LogP contribution >= 0.6 is 0 Å². The van der Waals surface area contributed by atoms with Crippen LogP contribution < -0.4 is 5.32 Å². The molecule has 2 unspecified atom stereocenters. The van der Waals surface area contributed by atoms with Crippen LogP contribution in [0, 0.1) is 11.8 Å². The van der Waals surface area contributed by atoms with Gasteiger partial charge in [-0.15, -0.1) is 0 Å². The molecule has 1 aliphatic carbocycles. The van der Waals surface area contributed by atoms with Crippen molar-refractivity contribution in [1.82, 2.24) is 14.7 Å². The van der Waals surface area contributed by atoms with Crippen LogP contribution in [0.5, 0.6) is 0 Å². The molecule has 112 valence electrons. The number of fused-ring (bicyclic) bond motifs is 2. The van der Waals surface area contributed by atoms with Gasteiger partial charge in [0.2, 0.25) is 0 Å². The third kappa shape index (κ3) is 2.12. The molecule has 2 aromatic rings. The van der Waals surface area contributed by atoms with Gasteiger partial charge in [-0.05, 0) is 55.3 Å². The Morgan fingerprint density at radius 3 is 2.57 bits per heavy atom. The lowest BCUT2D eigenvalue weighted by molar-refractivity contribution is -0.137. The van der Waals surface area contributed by atoms with Crippen LogP contribution in [0.4, 0.5) is 13.2 Å². The quantitative estimate of drug-likeness (QED) is 0.876. The zero-order valence-corrected chi connectivity index (χ0v) is 11.4. The molecule has 0 spiro atoms. The summed E-state index contributed by atoms with van der Waals surface area (Å²) in [7, 11) is 0. The molecule has 2 fully saturated rings. The Kier molecular flexibility index (Phi) is 2.79. The summed E-state index contributed by atoms with van der Waals surface area (Å²) >= 11 is 0. The Balaban J connectivity index is 1.78. The van der Waals surface area contributed by atoms with E-state index in [1.54, 1.807) is 6.20 Å². The van der Waals surface area contributed by atoms with Gasteiger partial charge in [-0.2, -0.15) is 13.2 Å². The van der Waals surface area contributed by atoms with E-state index in [1.807, 2.05) is 0 Å². The number of nitrogens with zero attached hydrogens (tertiary/aromatic N) is 2. The first-order valence-corrected chi connectivity index (χ1v) is 7.26. The largest absolute Gasteiger partial charge is 0.417 e. The van der Waals surface area contributed by atoms with Gasteiger partial charge in [-0.1, -0.05) is 0 Å². The second-order valence-corrected chi connectivity index (χ2v) is 6.21. The third-order valence-corrected chi connectivity index (χ3v) is 4.97. The molecule has 0 bridgehead atoms. The van der Waals surface area contributed by atoms with Gasteiger partial charge in [0.1, 0.15) is 0 Å². The van der Waals surface area contributed by atoms with Crippen molar-refractivity contribution in [2.24, 2.45) is 11.8 Å². The predicted octanol–water partition coefficient (Wildman–Crippen LogP) is 3.07. The van der Waals surface area contributed by atoms with Crippen molar-refractivity contribution in [3.05, 3.63) is 35.9 Å². The maximum absolute atomic E-state index is 13.1. The number of hydrogen-bond acceptors (Lipinski definition) is 2. The van der Waals surface area contributed by atoms with Crippen LogP contribution in [0.3, 0.4) is 0 Å². The molecule has 0 aromatic carbocycles. The Morgan fingerprint density at radius 2 is 1.90 bits per heavy atom. The van der Waals surface area contributed by atoms with Gasteiger partial charge in [-0.25, -0.2) is 4.98 Å². The number of alkyl halides is 3. The van der Waals surface area contributed by atoms with Crippen molar-refractivity contribution in [2.45, 2.75) is 24.9 Å². The summed E-state index contributed by atoms with van der Waals surface area (Å²) in [6, 6.07) is 1.33. The molecular weight excluding hydrogens is 279 g/mol. The van der Waals surface area contributed by atoms with Crippen molar-refractivity contribution < 1.29 is 13.2 Å². The van der Waals surface area contributed by atoms with Crippen molar-refractivity contribution in [3.8, 4) is 0 Å². The van der Waals surface area contributed by atoms with Crippen molar-refractivity contribution in [3.63, 3.8) is 0 Å². The van der Waals surface area contributed by atoms with E-state index in [-0.39, 0.29) is 5.92 Å². The van der Waals surface area contributed by atoms with Gasteiger partial charge in [0.15, 0.2) is 0 Å². The minimum Gasteiger partial charge on any atom is -0.316 e. The molecule has 3 nitrogen and oxygen atoms in total. The number of aromatic nitrogens is 2. The first-order valence-electron chi connectivity index (χ1n) is 7.26. The minimum absolute atomic E-state index is 0.212. The zero-order chi connectivity index (χ0) is 14.6. The highest BCUT2D eigenvalue weighted by Crippen LogP contribution is 2.46. The van der Waals surface area contributed by atoms with Crippen molar-refractivity contribution in [2.75, 3.05) is 13.1 Å². The molecule has 2 aliphatic rings. The second kappa shape index (κ2) is 4.47. The van der Waals surface area contributed by atoms with Crippen molar-refractivity contribution in [1.29, 1.82) is 0 Å². The fraction of sp³-hybridized carbons (Fsp3) is 0.533. The molecule has 0 radical (unpaired) electrons. The second-order valence-electron chi connectivity index (χ2n) is 6.21. The monoisotopic (exact) mass is 295 g/mol. The van der Waals surface area contributed by atoms with Crippen LogP contribution in [0.25, 0.3) is 5.52 Å². The van der Waals surface area contributed by atoms with E-state index in [0.717, 1.165) is 43.2 Å². The number of halogens is 3. The fourth-order valence-electron chi connectivity index (χ4n) is 3.96. The van der Waals surface area contributed by atoms with Gasteiger partial charge >= 0.3 is 6.18 Å². The molecule has 6 heteroatoms. The highest BCUT2D eigenvalue weighted by molar-refractivity contribution is 5.56. The van der Waals surface area contributed by atoms with E-state index in [9.17, 15) is 13.2 Å². The summed E-state index contributed by atoms with van der Waals surface area (Å²) in [4.78, 5) is 4.01. The number of nitrogens with one attached hydrogen (secondary N) is 1. The Morgan fingerprint density at radius 1 is 1.19 bits per heavy atom. The first kappa shape index (κ1) is 13.1. The van der Waals surface area contributed by atoms with E-state index in [0.29, 0.717) is 11.8 Å². The molecule has 21 heavy (non-hydrogen) atoms. The molecular formula is C15H16F3N3. The number of pyridine rings is 1. The molecule has 1 N–H and O–H groups in total. The lowest BCUT2D eigenvalue weighted by Gasteiger charge is -2.16. The summed E-state index contributed by atoms with van der Waals surface area (Å²) in [6.45, 7) is 1.99. The average Bonchev–Trinajstić information content (AvgIpc) is 3.11. The standard InChI is InChI=1S/C15H16F3N3/c16-15(17,18)12-3-13(14-6-20-8-21(14)7-12)9-1-10-4-19-5-11(10)2-9/h3,6-11,19H,1-2,4-5H2/t9?,10-,11?/m1/s1. The van der Waals surface area contributed by atoms with Crippen LogP contribution in [-0.4, -0.2) is 22.5 Å². The summed E-state index contributed by atoms with van der Waals surface area (Å²) in [5.74, 6) is 1.42. The molecule has 2 aromatic heterocycles. The van der Waals surface area contributed by atoms with Crippen LogP contribution in [-0.2, 0) is 6.18 Å². The van der Waals surface area contributed by atoms with Crippen molar-refractivity contribution >= 4 is 5.52 Å². The molecule has 0 amide bonds. The Bertz CT molecular complexity index is 664. The van der Waals surface area contributed by atoms with Crippen LogP contribution in [0.2, 0.25) is 0 Å². The normalized spacial score (nSPS) is 29.2. The predicted molar refractivity (Wildman–Crippen MR) is 72.0 cm³/mol. The lowest BCUT2D eigenvalue weighted by Crippen LogP contribution is -2.13. The molecule has 1 aliphatic heterocycles. The summed E-state index contributed by atoms with van der Waals surface area (Å²) in [5, 5.41) is 3.37. The van der Waals surface area contributed by atoms with E-state index in [1.165, 1.54) is 16.8 Å².